The Hall–Kier alpha value is -1.84. The first-order chi connectivity index (χ1) is 10.4. The maximum Gasteiger partial charge on any atom is 0.335 e. The predicted molar refractivity (Wildman–Crippen MR) is 83.7 cm³/mol. The van der Waals surface area contributed by atoms with Crippen LogP contribution in [0, 0.1) is 11.3 Å². The van der Waals surface area contributed by atoms with Gasteiger partial charge in [0.05, 0.1) is 12.0 Å². The van der Waals surface area contributed by atoms with Crippen LogP contribution < -0.4 is 0 Å². The monoisotopic (exact) mass is 301 g/mol. The average Bonchev–Trinajstić information content (AvgIpc) is 3.03. The Morgan fingerprint density at radius 1 is 1.23 bits per heavy atom. The summed E-state index contributed by atoms with van der Waals surface area (Å²) in [5, 5.41) is 8.92. The number of nitrogens with zero attached hydrogens (tertiary/aromatic N) is 1. The van der Waals surface area contributed by atoms with Gasteiger partial charge >= 0.3 is 5.97 Å². The van der Waals surface area contributed by atoms with E-state index >= 15 is 0 Å². The van der Waals surface area contributed by atoms with Crippen molar-refractivity contribution in [2.45, 2.75) is 45.6 Å². The van der Waals surface area contributed by atoms with Crippen LogP contribution in [0.3, 0.4) is 0 Å². The third-order valence-corrected chi connectivity index (χ3v) is 5.34. The van der Waals surface area contributed by atoms with Gasteiger partial charge in [-0.25, -0.2) is 4.79 Å². The third kappa shape index (κ3) is 2.62. The van der Waals surface area contributed by atoms with E-state index in [4.69, 9.17) is 5.11 Å². The molecule has 0 unspecified atom stereocenters. The number of aromatic carboxylic acids is 1. The van der Waals surface area contributed by atoms with E-state index in [1.165, 1.54) is 12.8 Å². The van der Waals surface area contributed by atoms with Crippen molar-refractivity contribution in [3.8, 4) is 0 Å². The minimum Gasteiger partial charge on any atom is -0.478 e. The van der Waals surface area contributed by atoms with E-state index in [1.54, 1.807) is 24.3 Å². The van der Waals surface area contributed by atoms with E-state index in [0.29, 0.717) is 18.4 Å². The quantitative estimate of drug-likeness (QED) is 0.933. The SMILES string of the molecule is CC1(C)CN(C(=O)Cc2ccc(C(=O)O)cc2)[C@@H]2CCC[C@@H]21. The maximum absolute atomic E-state index is 12.7. The van der Waals surface area contributed by atoms with Crippen molar-refractivity contribution in [2.75, 3.05) is 6.54 Å². The van der Waals surface area contributed by atoms with Crippen molar-refractivity contribution in [3.63, 3.8) is 0 Å². The number of amides is 1. The Labute approximate surface area is 131 Å². The largest absolute Gasteiger partial charge is 0.478 e. The molecule has 1 saturated heterocycles. The molecule has 2 atom stereocenters. The van der Waals surface area contributed by atoms with Gasteiger partial charge in [0, 0.05) is 12.6 Å². The Bertz CT molecular complexity index is 591. The Kier molecular flexibility index (Phi) is 3.71. The average molecular weight is 301 g/mol. The highest BCUT2D eigenvalue weighted by Gasteiger charge is 2.50. The number of hydrogen-bond donors (Lipinski definition) is 1. The molecule has 1 aromatic rings. The predicted octanol–water partition coefficient (Wildman–Crippen LogP) is 2.96. The number of carbonyl (C=O) groups excluding carboxylic acids is 1. The van der Waals surface area contributed by atoms with Crippen LogP contribution in [0.4, 0.5) is 0 Å². The molecule has 4 nitrogen and oxygen atoms in total. The van der Waals surface area contributed by atoms with E-state index in [9.17, 15) is 9.59 Å². The number of carboxylic acid groups (broad SMARTS) is 1. The van der Waals surface area contributed by atoms with Gasteiger partial charge in [-0.2, -0.15) is 0 Å². The summed E-state index contributed by atoms with van der Waals surface area (Å²) in [6.07, 6.45) is 3.93. The summed E-state index contributed by atoms with van der Waals surface area (Å²) < 4.78 is 0. The molecule has 0 spiro atoms. The van der Waals surface area contributed by atoms with Gasteiger partial charge in [0.25, 0.3) is 0 Å². The van der Waals surface area contributed by atoms with Crippen LogP contribution in [0.2, 0.25) is 0 Å². The van der Waals surface area contributed by atoms with Crippen LogP contribution in [0.25, 0.3) is 0 Å². The molecule has 2 fully saturated rings. The van der Waals surface area contributed by atoms with Gasteiger partial charge in [0.2, 0.25) is 5.91 Å². The molecule has 3 rings (SSSR count). The first-order valence-electron chi connectivity index (χ1n) is 8.00. The fraction of sp³-hybridized carbons (Fsp3) is 0.556. The van der Waals surface area contributed by atoms with Gasteiger partial charge < -0.3 is 10.0 Å². The van der Waals surface area contributed by atoms with Gasteiger partial charge in [0.1, 0.15) is 0 Å². The number of hydrogen-bond acceptors (Lipinski definition) is 2. The van der Waals surface area contributed by atoms with Crippen molar-refractivity contribution in [1.29, 1.82) is 0 Å². The lowest BCUT2D eigenvalue weighted by atomic mass is 9.80. The van der Waals surface area contributed by atoms with Crippen LogP contribution in [0.5, 0.6) is 0 Å². The van der Waals surface area contributed by atoms with Gasteiger partial charge in [-0.1, -0.05) is 32.4 Å². The minimum atomic E-state index is -0.937. The van der Waals surface area contributed by atoms with Crippen LogP contribution in [0.15, 0.2) is 24.3 Å². The molecule has 2 aliphatic rings. The molecule has 22 heavy (non-hydrogen) atoms. The van der Waals surface area contributed by atoms with Crippen molar-refractivity contribution in [3.05, 3.63) is 35.4 Å². The Morgan fingerprint density at radius 2 is 1.91 bits per heavy atom. The highest BCUT2D eigenvalue weighted by atomic mass is 16.4. The molecule has 118 valence electrons. The van der Waals surface area contributed by atoms with Crippen molar-refractivity contribution in [2.24, 2.45) is 11.3 Å². The molecule has 4 heteroatoms. The summed E-state index contributed by atoms with van der Waals surface area (Å²) in [5.41, 5.74) is 1.35. The molecule has 1 saturated carbocycles. The van der Waals surface area contributed by atoms with E-state index in [1.807, 2.05) is 0 Å². The number of carbonyl (C=O) groups is 2. The zero-order valence-corrected chi connectivity index (χ0v) is 13.2. The Morgan fingerprint density at radius 3 is 2.55 bits per heavy atom. The lowest BCUT2D eigenvalue weighted by Crippen LogP contribution is -2.37. The van der Waals surface area contributed by atoms with Gasteiger partial charge in [-0.05, 0) is 41.9 Å². The van der Waals surface area contributed by atoms with Crippen LogP contribution in [-0.4, -0.2) is 34.5 Å². The first kappa shape index (κ1) is 15.1. The molecule has 0 bridgehead atoms. The summed E-state index contributed by atoms with van der Waals surface area (Å²) in [6.45, 7) is 5.38. The number of fused-ring (bicyclic) bond motifs is 1. The van der Waals surface area contributed by atoms with E-state index in [0.717, 1.165) is 18.5 Å². The zero-order valence-electron chi connectivity index (χ0n) is 13.2. The molecule has 0 aromatic heterocycles. The van der Waals surface area contributed by atoms with Crippen LogP contribution in [0.1, 0.15) is 49.0 Å². The maximum atomic E-state index is 12.7. The Balaban J connectivity index is 1.71. The van der Waals surface area contributed by atoms with Gasteiger partial charge in [-0.3, -0.25) is 4.79 Å². The molecular weight excluding hydrogens is 278 g/mol. The standard InChI is InChI=1S/C18H23NO3/c1-18(2)11-19(15-5-3-4-14(15)18)16(20)10-12-6-8-13(9-7-12)17(21)22/h6-9,14-15H,3-5,10-11H2,1-2H3,(H,21,22)/t14-,15+/m0/s1. The summed E-state index contributed by atoms with van der Waals surface area (Å²) in [6, 6.07) is 7.03. The molecule has 1 amide bonds. The molecule has 1 aliphatic carbocycles. The topological polar surface area (TPSA) is 57.6 Å². The fourth-order valence-corrected chi connectivity index (χ4v) is 4.21. The normalized spacial score (nSPS) is 26.0. The highest BCUT2D eigenvalue weighted by Crippen LogP contribution is 2.48. The summed E-state index contributed by atoms with van der Waals surface area (Å²) in [5.74, 6) is -0.135. The van der Waals surface area contributed by atoms with Gasteiger partial charge in [-0.15, -0.1) is 0 Å². The second-order valence-corrected chi connectivity index (χ2v) is 7.29. The molecule has 1 heterocycles. The van der Waals surface area contributed by atoms with Crippen molar-refractivity contribution >= 4 is 11.9 Å². The highest BCUT2D eigenvalue weighted by molar-refractivity contribution is 5.87. The summed E-state index contributed by atoms with van der Waals surface area (Å²) in [7, 11) is 0. The van der Waals surface area contributed by atoms with Gasteiger partial charge in [0.15, 0.2) is 0 Å². The molecule has 1 aromatic carbocycles. The summed E-state index contributed by atoms with van der Waals surface area (Å²) in [4.78, 5) is 25.6. The molecule has 1 aliphatic heterocycles. The third-order valence-electron chi connectivity index (χ3n) is 5.34. The van der Waals surface area contributed by atoms with Crippen molar-refractivity contribution in [1.82, 2.24) is 4.90 Å². The van der Waals surface area contributed by atoms with Crippen LogP contribution in [-0.2, 0) is 11.2 Å². The van der Waals surface area contributed by atoms with Crippen molar-refractivity contribution < 1.29 is 14.7 Å². The molecule has 1 N–H and O–H groups in total. The minimum absolute atomic E-state index is 0.172. The van der Waals surface area contributed by atoms with Crippen LogP contribution >= 0.6 is 0 Å². The number of rotatable bonds is 3. The first-order valence-corrected chi connectivity index (χ1v) is 8.00. The number of likely N-dealkylation sites (tertiary alicyclic amines) is 1. The smallest absolute Gasteiger partial charge is 0.335 e. The van der Waals surface area contributed by atoms with E-state index < -0.39 is 5.97 Å². The van der Waals surface area contributed by atoms with E-state index in [-0.39, 0.29) is 16.9 Å². The summed E-state index contributed by atoms with van der Waals surface area (Å²) >= 11 is 0. The molecular formula is C18H23NO3. The second-order valence-electron chi connectivity index (χ2n) is 7.29. The number of benzene rings is 1. The van der Waals surface area contributed by atoms with E-state index in [2.05, 4.69) is 18.7 Å². The lowest BCUT2D eigenvalue weighted by Gasteiger charge is -2.24. The lowest BCUT2D eigenvalue weighted by molar-refractivity contribution is -0.131. The number of carboxylic acids is 1. The second kappa shape index (κ2) is 5.41. The fourth-order valence-electron chi connectivity index (χ4n) is 4.21. The zero-order chi connectivity index (χ0) is 15.9. The molecule has 0 radical (unpaired) electrons.